The lowest BCUT2D eigenvalue weighted by Crippen LogP contribution is -2.42. The van der Waals surface area contributed by atoms with E-state index in [2.05, 4.69) is 15.6 Å². The van der Waals surface area contributed by atoms with Crippen molar-refractivity contribution in [3.05, 3.63) is 119 Å². The fourth-order valence-corrected chi connectivity index (χ4v) is 4.60. The van der Waals surface area contributed by atoms with Crippen LogP contribution in [0.25, 0.3) is 11.0 Å². The van der Waals surface area contributed by atoms with Crippen molar-refractivity contribution < 1.29 is 14.3 Å². The van der Waals surface area contributed by atoms with Crippen LogP contribution in [0.2, 0.25) is 5.02 Å². The van der Waals surface area contributed by atoms with Gasteiger partial charge >= 0.3 is 0 Å². The molecule has 1 N–H and O–H groups in total. The van der Waals surface area contributed by atoms with Crippen LogP contribution in [-0.4, -0.2) is 38.8 Å². The van der Waals surface area contributed by atoms with Crippen LogP contribution in [0, 0.1) is 6.92 Å². The Labute approximate surface area is 237 Å². The summed E-state index contributed by atoms with van der Waals surface area (Å²) in [5.74, 6) is 0.0148. The maximum Gasteiger partial charge on any atom is 0.251 e. The van der Waals surface area contributed by atoms with Crippen molar-refractivity contribution in [1.29, 1.82) is 0 Å². The maximum absolute atomic E-state index is 14.1. The molecule has 0 radical (unpaired) electrons. The minimum Gasteiger partial charge on any atom is -0.497 e. The molecule has 0 saturated heterocycles. The predicted octanol–water partition coefficient (Wildman–Crippen LogP) is 5.81. The highest BCUT2D eigenvalue weighted by Crippen LogP contribution is 2.28. The number of benzene rings is 4. The quantitative estimate of drug-likeness (QED) is 0.249. The zero-order valence-corrected chi connectivity index (χ0v) is 22.9. The Balaban J connectivity index is 1.53. The highest BCUT2D eigenvalue weighted by molar-refractivity contribution is 6.30. The van der Waals surface area contributed by atoms with Crippen LogP contribution < -0.4 is 10.1 Å². The van der Waals surface area contributed by atoms with Crippen LogP contribution in [0.4, 0.5) is 5.69 Å². The average Bonchev–Trinajstić information content (AvgIpc) is 3.37. The van der Waals surface area contributed by atoms with Crippen molar-refractivity contribution in [3.8, 4) is 5.75 Å². The van der Waals surface area contributed by atoms with Crippen LogP contribution in [0.15, 0.2) is 97.1 Å². The molecule has 1 atom stereocenters. The molecule has 0 aliphatic heterocycles. The Morgan fingerprint density at radius 1 is 0.950 bits per heavy atom. The number of ether oxygens (including phenoxy) is 1. The number of fused-ring (bicyclic) bond motifs is 1. The van der Waals surface area contributed by atoms with Gasteiger partial charge in [-0.25, -0.2) is 4.68 Å². The normalized spacial score (nSPS) is 11.7. The molecule has 2 amide bonds. The standard InChI is InChI=1S/C31H28ClN5O3/c1-21-7-9-22(10-8-21)19-36(29(38)20-37-28-6-4-3-5-27(28)34-35-37)30(23-11-13-24(32)14-12-23)31(39)33-25-15-17-26(40-2)18-16-25/h3-18,30H,19-20H2,1-2H3,(H,33,39). The smallest absolute Gasteiger partial charge is 0.251 e. The molecule has 5 aromatic rings. The zero-order valence-electron chi connectivity index (χ0n) is 22.1. The Bertz CT molecular complexity index is 1620. The second kappa shape index (κ2) is 12.0. The van der Waals surface area contributed by atoms with E-state index in [4.69, 9.17) is 16.3 Å². The molecule has 40 heavy (non-hydrogen) atoms. The Kier molecular flexibility index (Phi) is 8.07. The van der Waals surface area contributed by atoms with Crippen molar-refractivity contribution in [3.63, 3.8) is 0 Å². The number of hydrogen-bond donors (Lipinski definition) is 1. The van der Waals surface area contributed by atoms with E-state index in [9.17, 15) is 9.59 Å². The van der Waals surface area contributed by atoms with Gasteiger partial charge in [0.2, 0.25) is 5.91 Å². The van der Waals surface area contributed by atoms with E-state index in [1.807, 2.05) is 55.5 Å². The van der Waals surface area contributed by atoms with Gasteiger partial charge in [-0.05, 0) is 66.6 Å². The van der Waals surface area contributed by atoms with Crippen LogP contribution in [0.5, 0.6) is 5.75 Å². The number of aryl methyl sites for hydroxylation is 1. The molecule has 0 saturated carbocycles. The van der Waals surface area contributed by atoms with Gasteiger partial charge in [-0.2, -0.15) is 0 Å². The van der Waals surface area contributed by atoms with Gasteiger partial charge in [0, 0.05) is 17.3 Å². The largest absolute Gasteiger partial charge is 0.497 e. The number of aromatic nitrogens is 3. The number of carbonyl (C=O) groups excluding carboxylic acids is 2. The molecule has 1 unspecified atom stereocenters. The average molecular weight is 554 g/mol. The van der Waals surface area contributed by atoms with E-state index in [-0.39, 0.29) is 24.9 Å². The van der Waals surface area contributed by atoms with Gasteiger partial charge in [0.05, 0.1) is 12.6 Å². The Hall–Kier alpha value is -4.69. The maximum atomic E-state index is 14.1. The van der Waals surface area contributed by atoms with Gasteiger partial charge in [-0.3, -0.25) is 9.59 Å². The summed E-state index contributed by atoms with van der Waals surface area (Å²) >= 11 is 6.18. The monoisotopic (exact) mass is 553 g/mol. The third-order valence-corrected chi connectivity index (χ3v) is 6.85. The molecule has 1 aromatic heterocycles. The minimum absolute atomic E-state index is 0.0910. The summed E-state index contributed by atoms with van der Waals surface area (Å²) in [6, 6.07) is 28.4. The third kappa shape index (κ3) is 6.13. The molecule has 0 aliphatic carbocycles. The van der Waals surface area contributed by atoms with Gasteiger partial charge in [-0.1, -0.05) is 70.9 Å². The molecule has 0 aliphatic rings. The Morgan fingerprint density at radius 2 is 1.65 bits per heavy atom. The second-order valence-electron chi connectivity index (χ2n) is 9.41. The van der Waals surface area contributed by atoms with E-state index < -0.39 is 6.04 Å². The number of carbonyl (C=O) groups is 2. The van der Waals surface area contributed by atoms with Crippen LogP contribution in [-0.2, 0) is 22.7 Å². The summed E-state index contributed by atoms with van der Waals surface area (Å²) in [6.07, 6.45) is 0. The van der Waals surface area contributed by atoms with Crippen molar-refractivity contribution in [2.75, 3.05) is 12.4 Å². The van der Waals surface area contributed by atoms with Gasteiger partial charge in [0.15, 0.2) is 0 Å². The first-order valence-electron chi connectivity index (χ1n) is 12.7. The van der Waals surface area contributed by atoms with Gasteiger partial charge in [0.1, 0.15) is 23.9 Å². The summed E-state index contributed by atoms with van der Waals surface area (Å²) in [5, 5.41) is 11.9. The first-order valence-corrected chi connectivity index (χ1v) is 13.1. The number of hydrogen-bond acceptors (Lipinski definition) is 5. The summed E-state index contributed by atoms with van der Waals surface area (Å²) < 4.78 is 6.79. The fraction of sp³-hybridized carbons (Fsp3) is 0.161. The van der Waals surface area contributed by atoms with Crippen LogP contribution in [0.3, 0.4) is 0 Å². The van der Waals surface area contributed by atoms with E-state index in [0.717, 1.165) is 16.6 Å². The molecular weight excluding hydrogens is 526 g/mol. The molecule has 9 heteroatoms. The molecule has 5 rings (SSSR count). The van der Waals surface area contributed by atoms with Crippen molar-refractivity contribution in [1.82, 2.24) is 19.9 Å². The topological polar surface area (TPSA) is 89.4 Å². The number of para-hydroxylation sites is 1. The van der Waals surface area contributed by atoms with E-state index in [0.29, 0.717) is 27.5 Å². The first-order chi connectivity index (χ1) is 19.4. The molecule has 0 fully saturated rings. The number of anilines is 1. The first kappa shape index (κ1) is 26.9. The molecule has 0 spiro atoms. The van der Waals surface area contributed by atoms with Crippen molar-refractivity contribution in [2.45, 2.75) is 26.1 Å². The highest BCUT2D eigenvalue weighted by atomic mass is 35.5. The summed E-state index contributed by atoms with van der Waals surface area (Å²) in [4.78, 5) is 29.6. The van der Waals surface area contributed by atoms with Crippen LogP contribution >= 0.6 is 11.6 Å². The molecule has 1 heterocycles. The number of methoxy groups -OCH3 is 1. The van der Waals surface area contributed by atoms with Gasteiger partial charge in [-0.15, -0.1) is 5.10 Å². The minimum atomic E-state index is -0.956. The van der Waals surface area contributed by atoms with Gasteiger partial charge < -0.3 is 15.0 Å². The van der Waals surface area contributed by atoms with Crippen molar-refractivity contribution in [2.24, 2.45) is 0 Å². The molecule has 202 valence electrons. The number of nitrogens with one attached hydrogen (secondary N) is 1. The number of amides is 2. The van der Waals surface area contributed by atoms with Gasteiger partial charge in [0.25, 0.3) is 5.91 Å². The number of nitrogens with zero attached hydrogens (tertiary/aromatic N) is 4. The van der Waals surface area contributed by atoms with E-state index in [1.54, 1.807) is 65.2 Å². The summed E-state index contributed by atoms with van der Waals surface area (Å²) in [7, 11) is 1.58. The Morgan fingerprint density at radius 3 is 2.35 bits per heavy atom. The second-order valence-corrected chi connectivity index (χ2v) is 9.85. The lowest BCUT2D eigenvalue weighted by molar-refractivity contribution is -0.140. The zero-order chi connectivity index (χ0) is 28.1. The lowest BCUT2D eigenvalue weighted by atomic mass is 10.0. The molecule has 0 bridgehead atoms. The summed E-state index contributed by atoms with van der Waals surface area (Å²) in [6.45, 7) is 2.11. The fourth-order valence-electron chi connectivity index (χ4n) is 4.47. The number of rotatable bonds is 9. The third-order valence-electron chi connectivity index (χ3n) is 6.60. The van der Waals surface area contributed by atoms with E-state index >= 15 is 0 Å². The SMILES string of the molecule is COc1ccc(NC(=O)C(c2ccc(Cl)cc2)N(Cc2ccc(C)cc2)C(=O)Cn2nnc3ccccc32)cc1. The molecule has 8 nitrogen and oxygen atoms in total. The number of halogens is 1. The van der Waals surface area contributed by atoms with Crippen LogP contribution in [0.1, 0.15) is 22.7 Å². The molecule has 4 aromatic carbocycles. The summed E-state index contributed by atoms with van der Waals surface area (Å²) in [5.41, 5.74) is 4.61. The molecular formula is C31H28ClN5O3. The van der Waals surface area contributed by atoms with Crippen molar-refractivity contribution >= 4 is 40.1 Å². The predicted molar refractivity (Wildman–Crippen MR) is 155 cm³/mol. The van der Waals surface area contributed by atoms with E-state index in [1.165, 1.54) is 0 Å². The highest BCUT2D eigenvalue weighted by Gasteiger charge is 2.32. The lowest BCUT2D eigenvalue weighted by Gasteiger charge is -2.32.